The van der Waals surface area contributed by atoms with Crippen molar-refractivity contribution in [2.45, 2.75) is 0 Å². The van der Waals surface area contributed by atoms with E-state index in [0.717, 1.165) is 16.7 Å². The van der Waals surface area contributed by atoms with E-state index in [-0.39, 0.29) is 17.1 Å². The summed E-state index contributed by atoms with van der Waals surface area (Å²) >= 11 is 3.00. The number of hydrogen-bond donors (Lipinski definition) is 2. The zero-order valence-electron chi connectivity index (χ0n) is 11.1. The summed E-state index contributed by atoms with van der Waals surface area (Å²) in [6, 6.07) is 7.30. The zero-order valence-corrected chi connectivity index (χ0v) is 12.7. The van der Waals surface area contributed by atoms with Crippen LogP contribution in [0.1, 0.15) is 10.5 Å². The van der Waals surface area contributed by atoms with Gasteiger partial charge in [0.1, 0.15) is 11.4 Å². The first-order valence-electron chi connectivity index (χ1n) is 5.85. The molecule has 2 amide bonds. The number of aromatic nitrogens is 1. The summed E-state index contributed by atoms with van der Waals surface area (Å²) in [6.07, 6.45) is 0. The van der Waals surface area contributed by atoms with E-state index < -0.39 is 0 Å². The predicted molar refractivity (Wildman–Crippen MR) is 78.9 cm³/mol. The van der Waals surface area contributed by atoms with E-state index in [1.54, 1.807) is 24.8 Å². The van der Waals surface area contributed by atoms with E-state index in [1.165, 1.54) is 0 Å². The molecule has 0 aliphatic carbocycles. The third kappa shape index (κ3) is 2.77. The van der Waals surface area contributed by atoms with Gasteiger partial charge >= 0.3 is 0 Å². The molecular weight excluding hydrogens is 326 g/mol. The molecule has 0 unspecified atom stereocenters. The lowest BCUT2D eigenvalue weighted by molar-refractivity contribution is -0.119. The molecule has 0 atom stereocenters. The second-order valence-corrected chi connectivity index (χ2v) is 4.71. The van der Waals surface area contributed by atoms with Gasteiger partial charge in [0, 0.05) is 18.0 Å². The minimum atomic E-state index is -0.378. The average molecular weight is 340 g/mol. The maximum atomic E-state index is 12.0. The van der Waals surface area contributed by atoms with Crippen molar-refractivity contribution in [2.24, 2.45) is 7.05 Å². The number of halogens is 1. The Balaban J connectivity index is 2.28. The highest BCUT2D eigenvalue weighted by Crippen LogP contribution is 2.23. The van der Waals surface area contributed by atoms with E-state index >= 15 is 0 Å². The van der Waals surface area contributed by atoms with Crippen LogP contribution in [0.5, 0.6) is 5.75 Å². The van der Waals surface area contributed by atoms with Crippen LogP contribution in [0.3, 0.4) is 0 Å². The van der Waals surface area contributed by atoms with Crippen molar-refractivity contribution in [2.75, 3.05) is 12.4 Å². The molecule has 2 rings (SSSR count). The van der Waals surface area contributed by atoms with E-state index in [1.807, 2.05) is 18.2 Å². The van der Waals surface area contributed by atoms with E-state index in [9.17, 15) is 9.59 Å². The van der Waals surface area contributed by atoms with Crippen molar-refractivity contribution in [1.82, 2.24) is 15.4 Å². The number of aryl methyl sites for hydroxylation is 1. The maximum absolute atomic E-state index is 12.0. The van der Waals surface area contributed by atoms with Crippen molar-refractivity contribution in [3.63, 3.8) is 0 Å². The van der Waals surface area contributed by atoms with E-state index in [0.29, 0.717) is 5.69 Å². The maximum Gasteiger partial charge on any atom is 0.286 e. The summed E-state index contributed by atoms with van der Waals surface area (Å²) in [5.74, 6) is 0.0263. The molecule has 106 valence electrons. The van der Waals surface area contributed by atoms with Gasteiger partial charge in [-0.2, -0.15) is 0 Å². The van der Waals surface area contributed by atoms with Crippen LogP contribution < -0.4 is 15.6 Å². The van der Waals surface area contributed by atoms with Gasteiger partial charge in [0.05, 0.1) is 12.4 Å². The Morgan fingerprint density at radius 2 is 2.05 bits per heavy atom. The zero-order chi connectivity index (χ0) is 14.7. The van der Waals surface area contributed by atoms with Crippen LogP contribution in [-0.2, 0) is 11.8 Å². The van der Waals surface area contributed by atoms with Crippen LogP contribution in [0.25, 0.3) is 10.9 Å². The molecule has 0 fully saturated rings. The number of ether oxygens (including phenoxy) is 1. The Labute approximate surface area is 124 Å². The topological polar surface area (TPSA) is 72.4 Å². The molecule has 2 aromatic rings. The quantitative estimate of drug-likeness (QED) is 0.654. The minimum Gasteiger partial charge on any atom is -0.497 e. The number of carbonyl (C=O) groups excluding carboxylic acids is 2. The first-order chi connectivity index (χ1) is 9.56. The number of carbonyl (C=O) groups is 2. The molecule has 0 spiro atoms. The highest BCUT2D eigenvalue weighted by atomic mass is 79.9. The van der Waals surface area contributed by atoms with Crippen molar-refractivity contribution in [1.29, 1.82) is 0 Å². The van der Waals surface area contributed by atoms with Gasteiger partial charge in [-0.25, -0.2) is 0 Å². The second-order valence-electron chi connectivity index (χ2n) is 4.15. The van der Waals surface area contributed by atoms with Crippen molar-refractivity contribution < 1.29 is 14.3 Å². The van der Waals surface area contributed by atoms with Crippen molar-refractivity contribution >= 4 is 38.6 Å². The molecule has 20 heavy (non-hydrogen) atoms. The molecule has 0 aliphatic heterocycles. The van der Waals surface area contributed by atoms with Gasteiger partial charge < -0.3 is 9.30 Å². The smallest absolute Gasteiger partial charge is 0.286 e. The summed E-state index contributed by atoms with van der Waals surface area (Å²) in [5.41, 5.74) is 6.01. The Hall–Kier alpha value is -2.02. The van der Waals surface area contributed by atoms with Crippen LogP contribution in [0, 0.1) is 0 Å². The molecule has 7 heteroatoms. The van der Waals surface area contributed by atoms with Gasteiger partial charge in [-0.15, -0.1) is 0 Å². The Kier molecular flexibility index (Phi) is 4.29. The molecule has 0 radical (unpaired) electrons. The molecular formula is C13H14BrN3O3. The third-order valence-corrected chi connectivity index (χ3v) is 3.43. The molecule has 1 aromatic heterocycles. The molecule has 0 saturated heterocycles. The predicted octanol–water partition coefficient (Wildman–Crippen LogP) is 1.34. The van der Waals surface area contributed by atoms with Gasteiger partial charge in [-0.05, 0) is 24.3 Å². The summed E-state index contributed by atoms with van der Waals surface area (Å²) in [5, 5.41) is 1.02. The SMILES string of the molecule is COc1ccc2c(c1)cc(C(=O)NNC(=O)CBr)n2C. The number of fused-ring (bicyclic) bond motifs is 1. The largest absolute Gasteiger partial charge is 0.497 e. The standard InChI is InChI=1S/C13H14BrN3O3/c1-17-10-4-3-9(20-2)5-8(10)6-11(17)13(19)16-15-12(18)7-14/h3-6H,7H2,1-2H3,(H,15,18)(H,16,19). The first kappa shape index (κ1) is 14.4. The minimum absolute atomic E-state index is 0.125. The van der Waals surface area contributed by atoms with Gasteiger partial charge in [0.25, 0.3) is 5.91 Å². The van der Waals surface area contributed by atoms with Crippen LogP contribution in [0.15, 0.2) is 24.3 Å². The third-order valence-electron chi connectivity index (χ3n) is 2.92. The highest BCUT2D eigenvalue weighted by Gasteiger charge is 2.14. The number of rotatable bonds is 3. The molecule has 2 N–H and O–H groups in total. The van der Waals surface area contributed by atoms with Gasteiger partial charge in [0.15, 0.2) is 0 Å². The number of hydrazine groups is 1. The van der Waals surface area contributed by atoms with Gasteiger partial charge in [-0.1, -0.05) is 15.9 Å². The second kappa shape index (κ2) is 5.96. The van der Waals surface area contributed by atoms with E-state index in [2.05, 4.69) is 26.8 Å². The normalized spacial score (nSPS) is 10.3. The molecule has 1 aromatic carbocycles. The number of alkyl halides is 1. The van der Waals surface area contributed by atoms with Crippen molar-refractivity contribution in [3.05, 3.63) is 30.0 Å². The Bertz CT molecular complexity index is 666. The number of nitrogens with one attached hydrogen (secondary N) is 2. The highest BCUT2D eigenvalue weighted by molar-refractivity contribution is 9.09. The van der Waals surface area contributed by atoms with Crippen LogP contribution in [0.2, 0.25) is 0 Å². The van der Waals surface area contributed by atoms with Gasteiger partial charge in [0.2, 0.25) is 5.91 Å². The Morgan fingerprint density at radius 3 is 2.70 bits per heavy atom. The lowest BCUT2D eigenvalue weighted by atomic mass is 10.2. The number of amides is 2. The fourth-order valence-corrected chi connectivity index (χ4v) is 2.04. The number of nitrogens with zero attached hydrogens (tertiary/aromatic N) is 1. The molecule has 6 nitrogen and oxygen atoms in total. The first-order valence-corrected chi connectivity index (χ1v) is 6.97. The monoisotopic (exact) mass is 339 g/mol. The van der Waals surface area contributed by atoms with Crippen LogP contribution in [-0.4, -0.2) is 28.8 Å². The number of hydrogen-bond acceptors (Lipinski definition) is 3. The number of benzene rings is 1. The molecule has 0 aliphatic rings. The molecule has 1 heterocycles. The lowest BCUT2D eigenvalue weighted by Crippen LogP contribution is -2.42. The lowest BCUT2D eigenvalue weighted by Gasteiger charge is -2.07. The summed E-state index contributed by atoms with van der Waals surface area (Å²) in [7, 11) is 3.38. The van der Waals surface area contributed by atoms with Gasteiger partial charge in [-0.3, -0.25) is 20.4 Å². The fourth-order valence-electron chi connectivity index (χ4n) is 1.90. The van der Waals surface area contributed by atoms with E-state index in [4.69, 9.17) is 4.74 Å². The molecule has 0 saturated carbocycles. The van der Waals surface area contributed by atoms with Crippen LogP contribution >= 0.6 is 15.9 Å². The molecule has 0 bridgehead atoms. The average Bonchev–Trinajstić information content (AvgIpc) is 2.80. The van der Waals surface area contributed by atoms with Crippen LogP contribution in [0.4, 0.5) is 0 Å². The Morgan fingerprint density at radius 1 is 1.30 bits per heavy atom. The summed E-state index contributed by atoms with van der Waals surface area (Å²) < 4.78 is 6.91. The summed E-state index contributed by atoms with van der Waals surface area (Å²) in [6.45, 7) is 0. The fraction of sp³-hybridized carbons (Fsp3) is 0.231. The number of methoxy groups -OCH3 is 1. The summed E-state index contributed by atoms with van der Waals surface area (Å²) in [4.78, 5) is 23.1. The van der Waals surface area contributed by atoms with Crippen molar-refractivity contribution in [3.8, 4) is 5.75 Å².